The molecule has 0 heterocycles. The van der Waals surface area contributed by atoms with Crippen LogP contribution < -0.4 is 5.32 Å². The fourth-order valence-electron chi connectivity index (χ4n) is 1.87. The molecule has 0 spiro atoms. The molecule has 110 valence electrons. The lowest BCUT2D eigenvalue weighted by Gasteiger charge is -2.06. The Balaban J connectivity index is 1.70. The summed E-state index contributed by atoms with van der Waals surface area (Å²) < 4.78 is 13.4. The Hall–Kier alpha value is -1.81. The van der Waals surface area contributed by atoms with Gasteiger partial charge in [-0.2, -0.15) is 0 Å². The van der Waals surface area contributed by atoms with Crippen molar-refractivity contribution >= 4 is 17.7 Å². The van der Waals surface area contributed by atoms with Crippen LogP contribution in [0.25, 0.3) is 0 Å². The third-order valence-electron chi connectivity index (χ3n) is 3.02. The highest BCUT2D eigenvalue weighted by atomic mass is 32.2. The standard InChI is InChI=1S/C17H18FNOS/c1-13-6-8-15(9-7-13)21-11-10-19-17(20)12-14-4-2-3-5-16(14)18/h2-9H,10-12H2,1H3,(H,19,20). The lowest BCUT2D eigenvalue weighted by Crippen LogP contribution is -2.27. The minimum atomic E-state index is -0.332. The van der Waals surface area contributed by atoms with E-state index >= 15 is 0 Å². The highest BCUT2D eigenvalue weighted by Gasteiger charge is 2.06. The summed E-state index contributed by atoms with van der Waals surface area (Å²) in [6.45, 7) is 2.63. The normalized spacial score (nSPS) is 10.4. The number of nitrogens with one attached hydrogen (secondary N) is 1. The number of carbonyl (C=O) groups is 1. The number of amides is 1. The molecule has 0 saturated heterocycles. The third kappa shape index (κ3) is 5.23. The van der Waals surface area contributed by atoms with Crippen molar-refractivity contribution in [3.8, 4) is 0 Å². The van der Waals surface area contributed by atoms with E-state index in [1.54, 1.807) is 30.0 Å². The SMILES string of the molecule is Cc1ccc(SCCNC(=O)Cc2ccccc2F)cc1. The summed E-state index contributed by atoms with van der Waals surface area (Å²) in [5.41, 5.74) is 1.67. The molecular weight excluding hydrogens is 285 g/mol. The van der Waals surface area contributed by atoms with Gasteiger partial charge in [0.05, 0.1) is 6.42 Å². The van der Waals surface area contributed by atoms with Gasteiger partial charge in [0.2, 0.25) is 5.91 Å². The maximum absolute atomic E-state index is 13.4. The summed E-state index contributed by atoms with van der Waals surface area (Å²) in [6, 6.07) is 14.6. The van der Waals surface area contributed by atoms with Crippen LogP contribution in [-0.2, 0) is 11.2 Å². The van der Waals surface area contributed by atoms with E-state index in [9.17, 15) is 9.18 Å². The zero-order valence-corrected chi connectivity index (χ0v) is 12.8. The van der Waals surface area contributed by atoms with Crippen LogP contribution in [0.4, 0.5) is 4.39 Å². The van der Waals surface area contributed by atoms with E-state index in [-0.39, 0.29) is 18.1 Å². The zero-order valence-electron chi connectivity index (χ0n) is 11.9. The number of aryl methyl sites for hydroxylation is 1. The summed E-state index contributed by atoms with van der Waals surface area (Å²) in [5.74, 6) is 0.317. The Bertz CT molecular complexity index is 598. The van der Waals surface area contributed by atoms with E-state index < -0.39 is 0 Å². The number of rotatable bonds is 6. The molecule has 0 atom stereocenters. The minimum absolute atomic E-state index is 0.0852. The molecule has 2 aromatic carbocycles. The minimum Gasteiger partial charge on any atom is -0.355 e. The number of benzene rings is 2. The van der Waals surface area contributed by atoms with Gasteiger partial charge < -0.3 is 5.32 Å². The second-order valence-corrected chi connectivity index (χ2v) is 5.95. The molecule has 0 radical (unpaired) electrons. The van der Waals surface area contributed by atoms with Crippen molar-refractivity contribution in [2.24, 2.45) is 0 Å². The van der Waals surface area contributed by atoms with Crippen LogP contribution in [0.1, 0.15) is 11.1 Å². The summed E-state index contributed by atoms with van der Waals surface area (Å²) in [4.78, 5) is 12.9. The van der Waals surface area contributed by atoms with Gasteiger partial charge in [0.15, 0.2) is 0 Å². The van der Waals surface area contributed by atoms with Crippen LogP contribution in [0.15, 0.2) is 53.4 Å². The Morgan fingerprint density at radius 3 is 2.57 bits per heavy atom. The van der Waals surface area contributed by atoms with Gasteiger partial charge in [-0.15, -0.1) is 11.8 Å². The van der Waals surface area contributed by atoms with Crippen molar-refractivity contribution in [3.05, 3.63) is 65.5 Å². The number of thioether (sulfide) groups is 1. The van der Waals surface area contributed by atoms with Crippen molar-refractivity contribution in [3.63, 3.8) is 0 Å². The van der Waals surface area contributed by atoms with Gasteiger partial charge >= 0.3 is 0 Å². The smallest absolute Gasteiger partial charge is 0.224 e. The average molecular weight is 303 g/mol. The molecule has 0 unspecified atom stereocenters. The van der Waals surface area contributed by atoms with E-state index in [0.29, 0.717) is 12.1 Å². The van der Waals surface area contributed by atoms with Crippen LogP contribution in [0.5, 0.6) is 0 Å². The maximum atomic E-state index is 13.4. The van der Waals surface area contributed by atoms with Crippen LogP contribution in [0, 0.1) is 12.7 Å². The molecule has 0 aliphatic rings. The van der Waals surface area contributed by atoms with Gasteiger partial charge in [-0.25, -0.2) is 4.39 Å². The molecule has 2 rings (SSSR count). The fraction of sp³-hybridized carbons (Fsp3) is 0.235. The molecular formula is C17H18FNOS. The average Bonchev–Trinajstić information content (AvgIpc) is 2.48. The molecule has 1 N–H and O–H groups in total. The van der Waals surface area contributed by atoms with E-state index in [0.717, 1.165) is 5.75 Å². The van der Waals surface area contributed by atoms with Gasteiger partial charge in [-0.3, -0.25) is 4.79 Å². The van der Waals surface area contributed by atoms with Gasteiger partial charge in [-0.05, 0) is 30.7 Å². The first kappa shape index (κ1) is 15.6. The van der Waals surface area contributed by atoms with Crippen LogP contribution in [0.3, 0.4) is 0 Å². The first-order valence-corrected chi connectivity index (χ1v) is 7.83. The Labute approximate surface area is 128 Å². The van der Waals surface area contributed by atoms with Gasteiger partial charge in [-0.1, -0.05) is 35.9 Å². The Morgan fingerprint density at radius 1 is 1.14 bits per heavy atom. The first-order valence-electron chi connectivity index (χ1n) is 6.85. The van der Waals surface area contributed by atoms with E-state index in [1.165, 1.54) is 16.5 Å². The zero-order chi connectivity index (χ0) is 15.1. The van der Waals surface area contributed by atoms with Crippen LogP contribution in [0.2, 0.25) is 0 Å². The summed E-state index contributed by atoms with van der Waals surface area (Å²) in [5, 5.41) is 2.81. The largest absolute Gasteiger partial charge is 0.355 e. The van der Waals surface area contributed by atoms with E-state index in [4.69, 9.17) is 0 Å². The molecule has 2 nitrogen and oxygen atoms in total. The lowest BCUT2D eigenvalue weighted by atomic mass is 10.1. The molecule has 21 heavy (non-hydrogen) atoms. The van der Waals surface area contributed by atoms with Gasteiger partial charge in [0, 0.05) is 17.2 Å². The number of hydrogen-bond acceptors (Lipinski definition) is 2. The predicted molar refractivity (Wildman–Crippen MR) is 85.0 cm³/mol. The highest BCUT2D eigenvalue weighted by molar-refractivity contribution is 7.99. The van der Waals surface area contributed by atoms with Crippen LogP contribution in [-0.4, -0.2) is 18.2 Å². The third-order valence-corrected chi connectivity index (χ3v) is 4.04. The van der Waals surface area contributed by atoms with E-state index in [2.05, 4.69) is 36.5 Å². The van der Waals surface area contributed by atoms with Crippen molar-refractivity contribution in [1.82, 2.24) is 5.32 Å². The second kappa shape index (κ2) is 7.84. The monoisotopic (exact) mass is 303 g/mol. The number of hydrogen-bond donors (Lipinski definition) is 1. The number of carbonyl (C=O) groups excluding carboxylic acids is 1. The molecule has 0 aliphatic carbocycles. The molecule has 0 bridgehead atoms. The quantitative estimate of drug-likeness (QED) is 0.653. The second-order valence-electron chi connectivity index (χ2n) is 4.78. The van der Waals surface area contributed by atoms with E-state index in [1.807, 2.05) is 0 Å². The fourth-order valence-corrected chi connectivity index (χ4v) is 2.64. The van der Waals surface area contributed by atoms with Crippen molar-refractivity contribution < 1.29 is 9.18 Å². The molecule has 2 aromatic rings. The molecule has 0 fully saturated rings. The molecule has 4 heteroatoms. The number of halogens is 1. The molecule has 1 amide bonds. The lowest BCUT2D eigenvalue weighted by molar-refractivity contribution is -0.120. The van der Waals surface area contributed by atoms with Crippen molar-refractivity contribution in [2.75, 3.05) is 12.3 Å². The summed E-state index contributed by atoms with van der Waals surface area (Å²) in [7, 11) is 0. The van der Waals surface area contributed by atoms with Crippen molar-refractivity contribution in [2.45, 2.75) is 18.2 Å². The maximum Gasteiger partial charge on any atom is 0.224 e. The first-order chi connectivity index (χ1) is 10.1. The Morgan fingerprint density at radius 2 is 1.86 bits per heavy atom. The van der Waals surface area contributed by atoms with Crippen LogP contribution >= 0.6 is 11.8 Å². The van der Waals surface area contributed by atoms with Gasteiger partial charge in [0.1, 0.15) is 5.82 Å². The molecule has 0 aromatic heterocycles. The predicted octanol–water partition coefficient (Wildman–Crippen LogP) is 3.59. The summed E-state index contributed by atoms with van der Waals surface area (Å²) in [6.07, 6.45) is 0.0852. The Kier molecular flexibility index (Phi) is 5.81. The summed E-state index contributed by atoms with van der Waals surface area (Å²) >= 11 is 1.69. The highest BCUT2D eigenvalue weighted by Crippen LogP contribution is 2.17. The van der Waals surface area contributed by atoms with Crippen molar-refractivity contribution in [1.29, 1.82) is 0 Å². The molecule has 0 aliphatic heterocycles. The topological polar surface area (TPSA) is 29.1 Å². The molecule has 0 saturated carbocycles. The van der Waals surface area contributed by atoms with Gasteiger partial charge in [0.25, 0.3) is 0 Å².